The van der Waals surface area contributed by atoms with Gasteiger partial charge in [0.05, 0.1) is 17.7 Å². The van der Waals surface area contributed by atoms with Gasteiger partial charge in [0.2, 0.25) is 11.8 Å². The zero-order valence-electron chi connectivity index (χ0n) is 16.7. The van der Waals surface area contributed by atoms with Gasteiger partial charge in [0.15, 0.2) is 0 Å². The van der Waals surface area contributed by atoms with E-state index in [4.69, 9.17) is 4.98 Å². The van der Waals surface area contributed by atoms with E-state index in [1.165, 1.54) is 6.42 Å². The van der Waals surface area contributed by atoms with Crippen molar-refractivity contribution in [3.63, 3.8) is 0 Å². The molecule has 2 atom stereocenters. The number of aromatic nitrogens is 1. The van der Waals surface area contributed by atoms with Crippen LogP contribution in [-0.4, -0.2) is 22.3 Å². The predicted octanol–water partition coefficient (Wildman–Crippen LogP) is 3.90. The number of rotatable bonds is 5. The van der Waals surface area contributed by atoms with Crippen molar-refractivity contribution >= 4 is 23.2 Å². The van der Waals surface area contributed by atoms with Gasteiger partial charge in [-0.25, -0.2) is 4.98 Å². The number of nitrogens with zero attached hydrogens (tertiary/aromatic N) is 1. The van der Waals surface area contributed by atoms with E-state index < -0.39 is 0 Å². The molecular formula is C23H27N3O2S. The van der Waals surface area contributed by atoms with Crippen molar-refractivity contribution in [3.05, 3.63) is 41.4 Å². The molecule has 1 aromatic heterocycles. The van der Waals surface area contributed by atoms with Crippen LogP contribution < -0.4 is 10.6 Å². The second-order valence-corrected chi connectivity index (χ2v) is 10.3. The lowest BCUT2D eigenvalue weighted by atomic mass is 9.46. The Morgan fingerprint density at radius 2 is 1.86 bits per heavy atom. The van der Waals surface area contributed by atoms with E-state index in [0.29, 0.717) is 18.4 Å². The standard InChI is InChI=1S/C23H27N3O2S/c1-15(27)26-23-10-16-7-17(11-23)9-22(8-16,14-23)21(28)24-12-19-13-29-20(25-19)18-5-3-2-4-6-18/h2-6,13,16-17H,7-12,14H2,1H3,(H,24,28)(H,26,27). The number of hydrogen-bond donors (Lipinski definition) is 2. The Kier molecular flexibility index (Phi) is 4.50. The molecule has 0 saturated heterocycles. The van der Waals surface area contributed by atoms with E-state index in [0.717, 1.165) is 48.4 Å². The molecule has 4 bridgehead atoms. The van der Waals surface area contributed by atoms with Crippen molar-refractivity contribution < 1.29 is 9.59 Å². The Bertz CT molecular complexity index is 925. The van der Waals surface area contributed by atoms with Crippen LogP contribution in [0.15, 0.2) is 35.7 Å². The first-order chi connectivity index (χ1) is 14.0. The molecular weight excluding hydrogens is 382 g/mol. The second-order valence-electron chi connectivity index (χ2n) is 9.40. The zero-order valence-corrected chi connectivity index (χ0v) is 17.6. The first kappa shape index (κ1) is 18.8. The quantitative estimate of drug-likeness (QED) is 0.787. The number of amides is 2. The van der Waals surface area contributed by atoms with Crippen molar-refractivity contribution in [1.82, 2.24) is 15.6 Å². The smallest absolute Gasteiger partial charge is 0.226 e. The van der Waals surface area contributed by atoms with E-state index >= 15 is 0 Å². The molecule has 2 N–H and O–H groups in total. The molecule has 4 aliphatic carbocycles. The molecule has 0 aliphatic heterocycles. The SMILES string of the molecule is CC(=O)NC12CC3CC(C1)CC(C(=O)NCc1csc(-c4ccccc4)n1)(C3)C2. The summed E-state index contributed by atoms with van der Waals surface area (Å²) in [5.41, 5.74) is 1.51. The van der Waals surface area contributed by atoms with Crippen LogP contribution in [0.4, 0.5) is 0 Å². The fraction of sp³-hybridized carbons (Fsp3) is 0.522. The molecule has 0 spiro atoms. The second kappa shape index (κ2) is 6.94. The highest BCUT2D eigenvalue weighted by Crippen LogP contribution is 2.61. The molecule has 29 heavy (non-hydrogen) atoms. The maximum Gasteiger partial charge on any atom is 0.226 e. The fourth-order valence-corrected chi connectivity index (χ4v) is 7.33. The van der Waals surface area contributed by atoms with Gasteiger partial charge >= 0.3 is 0 Å². The van der Waals surface area contributed by atoms with Gasteiger partial charge in [-0.1, -0.05) is 30.3 Å². The number of benzene rings is 1. The summed E-state index contributed by atoms with van der Waals surface area (Å²) in [4.78, 5) is 29.8. The van der Waals surface area contributed by atoms with Crippen LogP contribution in [0.3, 0.4) is 0 Å². The van der Waals surface area contributed by atoms with Crippen molar-refractivity contribution in [2.75, 3.05) is 0 Å². The average molecular weight is 410 g/mol. The molecule has 5 nitrogen and oxygen atoms in total. The highest BCUT2D eigenvalue weighted by Gasteiger charge is 2.60. The molecule has 2 amide bonds. The molecule has 6 rings (SSSR count). The van der Waals surface area contributed by atoms with Crippen LogP contribution in [0, 0.1) is 17.3 Å². The van der Waals surface area contributed by atoms with E-state index in [1.54, 1.807) is 18.3 Å². The first-order valence-corrected chi connectivity index (χ1v) is 11.4. The van der Waals surface area contributed by atoms with E-state index in [9.17, 15) is 9.59 Å². The van der Waals surface area contributed by atoms with Crippen LogP contribution in [0.1, 0.15) is 51.1 Å². The molecule has 0 radical (unpaired) electrons. The highest BCUT2D eigenvalue weighted by atomic mass is 32.1. The van der Waals surface area contributed by atoms with Gasteiger partial charge in [-0.15, -0.1) is 11.3 Å². The Balaban J connectivity index is 1.29. The van der Waals surface area contributed by atoms with Crippen molar-refractivity contribution in [1.29, 1.82) is 0 Å². The maximum atomic E-state index is 13.3. The normalized spacial score (nSPS) is 32.2. The van der Waals surface area contributed by atoms with Gasteiger partial charge in [-0.2, -0.15) is 0 Å². The molecule has 1 aromatic carbocycles. The summed E-state index contributed by atoms with van der Waals surface area (Å²) >= 11 is 1.61. The van der Waals surface area contributed by atoms with Crippen molar-refractivity contribution in [2.24, 2.45) is 17.3 Å². The number of thiazole rings is 1. The van der Waals surface area contributed by atoms with Gasteiger partial charge in [0, 0.05) is 23.4 Å². The average Bonchev–Trinajstić information content (AvgIpc) is 3.14. The Hall–Kier alpha value is -2.21. The van der Waals surface area contributed by atoms with Crippen LogP contribution >= 0.6 is 11.3 Å². The molecule has 4 fully saturated rings. The van der Waals surface area contributed by atoms with Crippen molar-refractivity contribution in [2.45, 2.75) is 57.5 Å². The molecule has 6 heteroatoms. The van der Waals surface area contributed by atoms with Gasteiger partial charge in [0.25, 0.3) is 0 Å². The monoisotopic (exact) mass is 409 g/mol. The Morgan fingerprint density at radius 3 is 2.55 bits per heavy atom. The summed E-state index contributed by atoms with van der Waals surface area (Å²) in [5.74, 6) is 1.28. The predicted molar refractivity (Wildman–Crippen MR) is 113 cm³/mol. The van der Waals surface area contributed by atoms with E-state index in [2.05, 4.69) is 22.8 Å². The lowest BCUT2D eigenvalue weighted by molar-refractivity contribution is -0.153. The van der Waals surface area contributed by atoms with E-state index in [-0.39, 0.29) is 22.8 Å². The number of carbonyl (C=O) groups excluding carboxylic acids is 2. The van der Waals surface area contributed by atoms with E-state index in [1.807, 2.05) is 23.6 Å². The lowest BCUT2D eigenvalue weighted by Crippen LogP contribution is -2.65. The van der Waals surface area contributed by atoms with Gasteiger partial charge in [-0.3, -0.25) is 9.59 Å². The topological polar surface area (TPSA) is 71.1 Å². The Morgan fingerprint density at radius 1 is 1.14 bits per heavy atom. The first-order valence-electron chi connectivity index (χ1n) is 10.5. The number of nitrogens with one attached hydrogen (secondary N) is 2. The van der Waals surface area contributed by atoms with Crippen LogP contribution in [-0.2, 0) is 16.1 Å². The maximum absolute atomic E-state index is 13.3. The third kappa shape index (κ3) is 3.48. The third-order valence-corrected chi connectivity index (χ3v) is 7.93. The zero-order chi connectivity index (χ0) is 20.1. The number of carbonyl (C=O) groups is 2. The van der Waals surface area contributed by atoms with Crippen LogP contribution in [0.25, 0.3) is 10.6 Å². The highest BCUT2D eigenvalue weighted by molar-refractivity contribution is 7.13. The lowest BCUT2D eigenvalue weighted by Gasteiger charge is -2.61. The molecule has 4 aliphatic rings. The summed E-state index contributed by atoms with van der Waals surface area (Å²) in [6, 6.07) is 10.1. The molecule has 4 saturated carbocycles. The molecule has 2 aromatic rings. The third-order valence-electron chi connectivity index (χ3n) is 6.99. The van der Waals surface area contributed by atoms with Crippen LogP contribution in [0.5, 0.6) is 0 Å². The summed E-state index contributed by atoms with van der Waals surface area (Å²) in [6.45, 7) is 2.06. The largest absolute Gasteiger partial charge is 0.351 e. The summed E-state index contributed by atoms with van der Waals surface area (Å²) in [6.07, 6.45) is 5.98. The summed E-state index contributed by atoms with van der Waals surface area (Å²) < 4.78 is 0. The summed E-state index contributed by atoms with van der Waals surface area (Å²) in [5, 5.41) is 9.43. The van der Waals surface area contributed by atoms with Crippen molar-refractivity contribution in [3.8, 4) is 10.6 Å². The van der Waals surface area contributed by atoms with Gasteiger partial charge in [0.1, 0.15) is 5.01 Å². The molecule has 152 valence electrons. The van der Waals surface area contributed by atoms with Gasteiger partial charge in [-0.05, 0) is 50.4 Å². The Labute approximate surface area is 175 Å². The molecule has 1 heterocycles. The minimum Gasteiger partial charge on any atom is -0.351 e. The minimum absolute atomic E-state index is 0.0263. The number of hydrogen-bond acceptors (Lipinski definition) is 4. The van der Waals surface area contributed by atoms with Crippen LogP contribution in [0.2, 0.25) is 0 Å². The summed E-state index contributed by atoms with van der Waals surface area (Å²) in [7, 11) is 0. The molecule has 2 unspecified atom stereocenters. The fourth-order valence-electron chi connectivity index (χ4n) is 6.51. The minimum atomic E-state index is -0.329. The van der Waals surface area contributed by atoms with Gasteiger partial charge < -0.3 is 10.6 Å².